The number of hydrogen-bond donors (Lipinski definition) is 0. The molecule has 1 aliphatic carbocycles. The summed E-state index contributed by atoms with van der Waals surface area (Å²) in [7, 11) is 0. The second-order valence-corrected chi connectivity index (χ2v) is 3.19. The fourth-order valence-corrected chi connectivity index (χ4v) is 1.68. The summed E-state index contributed by atoms with van der Waals surface area (Å²) in [5, 5.41) is 0. The van der Waals surface area contributed by atoms with Gasteiger partial charge in [0, 0.05) is 4.47 Å². The quantitative estimate of drug-likeness (QED) is 0.595. The molecule has 0 aromatic heterocycles. The number of allylic oxidation sites excluding steroid dienone is 1. The van der Waals surface area contributed by atoms with E-state index in [9.17, 15) is 0 Å². The van der Waals surface area contributed by atoms with Crippen LogP contribution in [-0.4, -0.2) is 0 Å². The van der Waals surface area contributed by atoms with Crippen LogP contribution < -0.4 is 0 Å². The zero-order chi connectivity index (χ0) is 6.97. The van der Waals surface area contributed by atoms with Crippen LogP contribution in [0.4, 0.5) is 0 Å². The summed E-state index contributed by atoms with van der Waals surface area (Å²) >= 11 is 3.49. The number of benzene rings is 1. The molecule has 0 fully saturated rings. The molecule has 0 aliphatic heterocycles. The second-order valence-electron chi connectivity index (χ2n) is 2.33. The van der Waals surface area contributed by atoms with E-state index in [-0.39, 0.29) is 0 Å². The zero-order valence-corrected chi connectivity index (χ0v) is 6.98. The first-order valence-corrected chi connectivity index (χ1v) is 4.01. The third-order valence-electron chi connectivity index (χ3n) is 1.69. The summed E-state index contributed by atoms with van der Waals surface area (Å²) < 4.78 is 1.20. The van der Waals surface area contributed by atoms with Crippen molar-refractivity contribution in [2.24, 2.45) is 0 Å². The molecule has 0 heterocycles. The predicted octanol–water partition coefficient (Wildman–Crippen LogP) is 2.82. The van der Waals surface area contributed by atoms with E-state index in [4.69, 9.17) is 0 Å². The SMILES string of the molecule is Brc1cccc2c1C[C]=C2. The predicted molar refractivity (Wildman–Crippen MR) is 45.6 cm³/mol. The second kappa shape index (κ2) is 2.24. The highest BCUT2D eigenvalue weighted by molar-refractivity contribution is 9.10. The van der Waals surface area contributed by atoms with Gasteiger partial charge in [0.25, 0.3) is 0 Å². The fourth-order valence-electron chi connectivity index (χ4n) is 1.16. The van der Waals surface area contributed by atoms with Gasteiger partial charge < -0.3 is 0 Å². The van der Waals surface area contributed by atoms with Crippen LogP contribution in [0.5, 0.6) is 0 Å². The molecule has 0 saturated carbocycles. The van der Waals surface area contributed by atoms with E-state index >= 15 is 0 Å². The highest BCUT2D eigenvalue weighted by Gasteiger charge is 2.06. The van der Waals surface area contributed by atoms with Crippen LogP contribution in [-0.2, 0) is 6.42 Å². The third-order valence-corrected chi connectivity index (χ3v) is 2.43. The van der Waals surface area contributed by atoms with Gasteiger partial charge in [0.2, 0.25) is 0 Å². The van der Waals surface area contributed by atoms with Crippen LogP contribution in [0.2, 0.25) is 0 Å². The van der Waals surface area contributed by atoms with E-state index in [0.717, 1.165) is 6.42 Å². The molecule has 0 N–H and O–H groups in total. The van der Waals surface area contributed by atoms with E-state index in [2.05, 4.69) is 34.1 Å². The molecular weight excluding hydrogens is 188 g/mol. The van der Waals surface area contributed by atoms with Crippen molar-refractivity contribution in [2.45, 2.75) is 6.42 Å². The van der Waals surface area contributed by atoms with Crippen molar-refractivity contribution >= 4 is 22.0 Å². The van der Waals surface area contributed by atoms with Gasteiger partial charge in [-0.1, -0.05) is 34.1 Å². The van der Waals surface area contributed by atoms with Crippen molar-refractivity contribution in [2.75, 3.05) is 0 Å². The number of rotatable bonds is 0. The summed E-state index contributed by atoms with van der Waals surface area (Å²) in [5.41, 5.74) is 2.66. The van der Waals surface area contributed by atoms with Crippen molar-refractivity contribution < 1.29 is 0 Å². The van der Waals surface area contributed by atoms with Crippen molar-refractivity contribution in [3.63, 3.8) is 0 Å². The van der Waals surface area contributed by atoms with Gasteiger partial charge in [-0.3, -0.25) is 0 Å². The Bertz CT molecular complexity index is 287. The molecular formula is C9H6Br. The molecule has 0 saturated heterocycles. The van der Waals surface area contributed by atoms with Crippen LogP contribution in [0.15, 0.2) is 22.7 Å². The third kappa shape index (κ3) is 0.816. The van der Waals surface area contributed by atoms with Gasteiger partial charge in [0.1, 0.15) is 0 Å². The Kier molecular flexibility index (Phi) is 1.38. The van der Waals surface area contributed by atoms with Crippen molar-refractivity contribution in [3.05, 3.63) is 39.9 Å². The van der Waals surface area contributed by atoms with Crippen molar-refractivity contribution in [3.8, 4) is 0 Å². The molecule has 0 bridgehead atoms. The van der Waals surface area contributed by atoms with Gasteiger partial charge in [0.05, 0.1) is 0 Å². The highest BCUT2D eigenvalue weighted by Crippen LogP contribution is 2.26. The first-order valence-electron chi connectivity index (χ1n) is 3.22. The maximum absolute atomic E-state index is 3.49. The molecule has 0 spiro atoms. The summed E-state index contributed by atoms with van der Waals surface area (Å²) in [6, 6.07) is 6.23. The van der Waals surface area contributed by atoms with Gasteiger partial charge in [-0.2, -0.15) is 0 Å². The normalized spacial score (nSPS) is 13.7. The van der Waals surface area contributed by atoms with Gasteiger partial charge in [-0.15, -0.1) is 0 Å². The molecule has 49 valence electrons. The Morgan fingerprint density at radius 3 is 3.10 bits per heavy atom. The van der Waals surface area contributed by atoms with Gasteiger partial charge >= 0.3 is 0 Å². The van der Waals surface area contributed by atoms with Crippen LogP contribution in [0.25, 0.3) is 6.08 Å². The molecule has 0 amide bonds. The zero-order valence-electron chi connectivity index (χ0n) is 5.39. The van der Waals surface area contributed by atoms with E-state index in [1.165, 1.54) is 15.6 Å². The first-order chi connectivity index (χ1) is 4.88. The highest BCUT2D eigenvalue weighted by atomic mass is 79.9. The molecule has 1 aromatic rings. The molecule has 1 aromatic carbocycles. The monoisotopic (exact) mass is 193 g/mol. The van der Waals surface area contributed by atoms with Crippen molar-refractivity contribution in [1.29, 1.82) is 0 Å². The summed E-state index contributed by atoms with van der Waals surface area (Å²) in [6.07, 6.45) is 6.17. The van der Waals surface area contributed by atoms with Crippen LogP contribution >= 0.6 is 15.9 Å². The number of halogens is 1. The van der Waals surface area contributed by atoms with Crippen LogP contribution in [0.1, 0.15) is 11.1 Å². The van der Waals surface area contributed by atoms with E-state index in [0.29, 0.717) is 0 Å². The average molecular weight is 194 g/mol. The minimum Gasteiger partial charge on any atom is -0.0605 e. The number of fused-ring (bicyclic) bond motifs is 1. The van der Waals surface area contributed by atoms with Gasteiger partial charge in [0.15, 0.2) is 0 Å². The summed E-state index contributed by atoms with van der Waals surface area (Å²) in [4.78, 5) is 0. The maximum Gasteiger partial charge on any atom is 0.0216 e. The molecule has 1 aliphatic rings. The van der Waals surface area contributed by atoms with E-state index in [1.54, 1.807) is 0 Å². The topological polar surface area (TPSA) is 0 Å². The average Bonchev–Trinajstić information content (AvgIpc) is 2.36. The largest absolute Gasteiger partial charge is 0.0605 e. The lowest BCUT2D eigenvalue weighted by molar-refractivity contribution is 1.26. The smallest absolute Gasteiger partial charge is 0.0216 e. The van der Waals surface area contributed by atoms with E-state index in [1.807, 2.05) is 12.1 Å². The lowest BCUT2D eigenvalue weighted by atomic mass is 10.1. The lowest BCUT2D eigenvalue weighted by Gasteiger charge is -1.98. The Morgan fingerprint density at radius 1 is 1.40 bits per heavy atom. The molecule has 2 rings (SSSR count). The minimum atomic E-state index is 0.955. The minimum absolute atomic E-state index is 0.955. The van der Waals surface area contributed by atoms with Gasteiger partial charge in [-0.25, -0.2) is 0 Å². The molecule has 1 heteroatoms. The molecule has 0 unspecified atom stereocenters. The van der Waals surface area contributed by atoms with Crippen LogP contribution in [0, 0.1) is 6.08 Å². The Labute approximate surface area is 68.7 Å². The first kappa shape index (κ1) is 6.17. The van der Waals surface area contributed by atoms with Crippen molar-refractivity contribution in [1.82, 2.24) is 0 Å². The van der Waals surface area contributed by atoms with Crippen LogP contribution in [0.3, 0.4) is 0 Å². The Hall–Kier alpha value is -0.560. The van der Waals surface area contributed by atoms with E-state index < -0.39 is 0 Å². The Balaban J connectivity index is 2.66. The molecule has 0 nitrogen and oxygen atoms in total. The van der Waals surface area contributed by atoms with Gasteiger partial charge in [-0.05, 0) is 29.7 Å². The molecule has 1 radical (unpaired) electrons. The summed E-state index contributed by atoms with van der Waals surface area (Å²) in [6.45, 7) is 0. The number of hydrogen-bond acceptors (Lipinski definition) is 0. The molecule has 0 atom stereocenters. The fraction of sp³-hybridized carbons (Fsp3) is 0.111. The summed E-state index contributed by atoms with van der Waals surface area (Å²) in [5.74, 6) is 0. The maximum atomic E-state index is 3.49. The Morgan fingerprint density at radius 2 is 2.30 bits per heavy atom. The lowest BCUT2D eigenvalue weighted by Crippen LogP contribution is -1.81. The molecule has 10 heavy (non-hydrogen) atoms. The standard InChI is InChI=1S/C9H6Br/c10-9-6-2-4-7-3-1-5-8(7)9/h2-4,6H,5H2.